The van der Waals surface area contributed by atoms with Gasteiger partial charge in [-0.1, -0.05) is 19.9 Å². The number of rotatable bonds is 6. The van der Waals surface area contributed by atoms with Crippen molar-refractivity contribution >= 4 is 11.9 Å². The minimum Gasteiger partial charge on any atom is -0.462 e. The van der Waals surface area contributed by atoms with E-state index in [1.807, 2.05) is 6.92 Å². The number of carbonyl (C=O) groups is 2. The lowest BCUT2D eigenvalue weighted by Gasteiger charge is -2.03. The Morgan fingerprint density at radius 1 is 1.40 bits per heavy atom. The summed E-state index contributed by atoms with van der Waals surface area (Å²) >= 11 is 0. The summed E-state index contributed by atoms with van der Waals surface area (Å²) in [5.41, 5.74) is 0.251. The molecule has 15 heavy (non-hydrogen) atoms. The predicted molar refractivity (Wildman–Crippen MR) is 55.9 cm³/mol. The van der Waals surface area contributed by atoms with Gasteiger partial charge in [0, 0.05) is 6.08 Å². The first-order valence-corrected chi connectivity index (χ1v) is 4.78. The van der Waals surface area contributed by atoms with E-state index < -0.39 is 11.9 Å². The van der Waals surface area contributed by atoms with Gasteiger partial charge >= 0.3 is 11.9 Å². The average molecular weight is 212 g/mol. The van der Waals surface area contributed by atoms with E-state index in [2.05, 4.69) is 11.3 Å². The van der Waals surface area contributed by atoms with Crippen molar-refractivity contribution in [3.05, 3.63) is 24.5 Å². The van der Waals surface area contributed by atoms with E-state index >= 15 is 0 Å². The summed E-state index contributed by atoms with van der Waals surface area (Å²) in [5, 5.41) is 0. The molecular weight excluding hydrogens is 196 g/mol. The van der Waals surface area contributed by atoms with E-state index in [0.29, 0.717) is 6.61 Å². The van der Waals surface area contributed by atoms with Gasteiger partial charge in [0.25, 0.3) is 0 Å². The van der Waals surface area contributed by atoms with Gasteiger partial charge < -0.3 is 9.47 Å². The summed E-state index contributed by atoms with van der Waals surface area (Å²) in [7, 11) is 0. The zero-order chi connectivity index (χ0) is 11.7. The molecular formula is C11H16O4. The van der Waals surface area contributed by atoms with Gasteiger partial charge in [0.2, 0.25) is 0 Å². The van der Waals surface area contributed by atoms with Gasteiger partial charge in [0.05, 0.1) is 12.2 Å². The fraction of sp³-hybridized carbons (Fsp3) is 0.455. The van der Waals surface area contributed by atoms with Gasteiger partial charge in [-0.15, -0.1) is 0 Å². The van der Waals surface area contributed by atoms with Crippen LogP contribution in [-0.2, 0) is 19.1 Å². The van der Waals surface area contributed by atoms with Crippen LogP contribution in [0.5, 0.6) is 0 Å². The van der Waals surface area contributed by atoms with Crippen LogP contribution in [0.1, 0.15) is 26.7 Å². The summed E-state index contributed by atoms with van der Waals surface area (Å²) in [5.74, 6) is -1.07. The molecule has 0 spiro atoms. The van der Waals surface area contributed by atoms with Crippen LogP contribution in [0.4, 0.5) is 0 Å². The molecule has 4 nitrogen and oxygen atoms in total. The Bertz CT molecular complexity index is 266. The zero-order valence-electron chi connectivity index (χ0n) is 9.12. The highest BCUT2D eigenvalue weighted by atomic mass is 16.5. The highest BCUT2D eigenvalue weighted by Gasteiger charge is 2.06. The lowest BCUT2D eigenvalue weighted by atomic mass is 10.3. The normalized spacial score (nSPS) is 10.7. The molecule has 0 heterocycles. The molecule has 0 aliphatic heterocycles. The van der Waals surface area contributed by atoms with Crippen LogP contribution in [-0.4, -0.2) is 18.5 Å². The smallest absolute Gasteiger partial charge is 0.336 e. The number of hydrogen-bond donors (Lipinski definition) is 0. The average Bonchev–Trinajstić information content (AvgIpc) is 2.25. The molecule has 0 fully saturated rings. The van der Waals surface area contributed by atoms with Gasteiger partial charge in [-0.3, -0.25) is 0 Å². The van der Waals surface area contributed by atoms with Crippen LogP contribution < -0.4 is 0 Å². The monoisotopic (exact) mass is 212 g/mol. The first kappa shape index (κ1) is 13.4. The number of ether oxygens (including phenoxy) is 2. The van der Waals surface area contributed by atoms with Crippen molar-refractivity contribution in [2.24, 2.45) is 0 Å². The van der Waals surface area contributed by atoms with Gasteiger partial charge in [-0.25, -0.2) is 9.59 Å². The molecule has 0 bridgehead atoms. The Morgan fingerprint density at radius 3 is 2.60 bits per heavy atom. The minimum atomic E-state index is -0.601. The maximum absolute atomic E-state index is 11.2. The van der Waals surface area contributed by atoms with Crippen molar-refractivity contribution in [1.82, 2.24) is 0 Å². The molecule has 0 unspecified atom stereocenters. The highest BCUT2D eigenvalue weighted by molar-refractivity contribution is 5.88. The number of esters is 2. The van der Waals surface area contributed by atoms with E-state index in [1.54, 1.807) is 0 Å². The standard InChI is InChI=1S/C11H16O4/c1-4-6-7-14-11(13)9(3)8-15-10(12)5-2/h5,8H,2,4,6-7H2,1,3H3. The molecule has 4 heteroatoms. The first-order valence-electron chi connectivity index (χ1n) is 4.78. The van der Waals surface area contributed by atoms with Gasteiger partial charge in [0.15, 0.2) is 0 Å². The molecule has 0 aliphatic rings. The summed E-state index contributed by atoms with van der Waals surface area (Å²) in [6, 6.07) is 0. The maximum Gasteiger partial charge on any atom is 0.336 e. The van der Waals surface area contributed by atoms with E-state index in [-0.39, 0.29) is 5.57 Å². The van der Waals surface area contributed by atoms with Gasteiger partial charge in [0.1, 0.15) is 6.26 Å². The lowest BCUT2D eigenvalue weighted by Crippen LogP contribution is -2.08. The van der Waals surface area contributed by atoms with Crippen LogP contribution >= 0.6 is 0 Å². The SMILES string of the molecule is C=CC(=O)OC=C(C)C(=O)OCCCC. The largest absolute Gasteiger partial charge is 0.462 e. The van der Waals surface area contributed by atoms with Crippen molar-refractivity contribution in [1.29, 1.82) is 0 Å². The Morgan fingerprint density at radius 2 is 2.07 bits per heavy atom. The molecule has 0 saturated heterocycles. The van der Waals surface area contributed by atoms with Crippen molar-refractivity contribution in [2.45, 2.75) is 26.7 Å². The molecule has 84 valence electrons. The lowest BCUT2D eigenvalue weighted by molar-refractivity contribution is -0.139. The van der Waals surface area contributed by atoms with Gasteiger partial charge in [-0.05, 0) is 13.3 Å². The van der Waals surface area contributed by atoms with E-state index in [9.17, 15) is 9.59 Å². The second kappa shape index (κ2) is 7.79. The third-order valence-corrected chi connectivity index (χ3v) is 1.57. The van der Waals surface area contributed by atoms with E-state index in [4.69, 9.17) is 4.74 Å². The molecule has 0 aromatic rings. The topological polar surface area (TPSA) is 52.6 Å². The Hall–Kier alpha value is -1.58. The third kappa shape index (κ3) is 6.49. The zero-order valence-corrected chi connectivity index (χ0v) is 9.12. The predicted octanol–water partition coefficient (Wildman–Crippen LogP) is 1.96. The molecule has 0 radical (unpaired) electrons. The summed E-state index contributed by atoms with van der Waals surface area (Å²) in [6.45, 7) is 7.13. The first-order chi connectivity index (χ1) is 7.11. The maximum atomic E-state index is 11.2. The van der Waals surface area contributed by atoms with Crippen LogP contribution in [0, 0.1) is 0 Å². The highest BCUT2D eigenvalue weighted by Crippen LogP contribution is 1.99. The Kier molecular flexibility index (Phi) is 6.97. The van der Waals surface area contributed by atoms with Crippen molar-refractivity contribution in [3.8, 4) is 0 Å². The summed E-state index contributed by atoms with van der Waals surface area (Å²) in [4.78, 5) is 21.9. The second-order valence-electron chi connectivity index (χ2n) is 2.93. The third-order valence-electron chi connectivity index (χ3n) is 1.57. The minimum absolute atomic E-state index is 0.251. The number of hydrogen-bond acceptors (Lipinski definition) is 4. The fourth-order valence-corrected chi connectivity index (χ4v) is 0.666. The quantitative estimate of drug-likeness (QED) is 0.292. The van der Waals surface area contributed by atoms with Gasteiger partial charge in [-0.2, -0.15) is 0 Å². The van der Waals surface area contributed by atoms with Crippen molar-refractivity contribution < 1.29 is 19.1 Å². The van der Waals surface area contributed by atoms with Crippen molar-refractivity contribution in [3.63, 3.8) is 0 Å². The second-order valence-corrected chi connectivity index (χ2v) is 2.93. The van der Waals surface area contributed by atoms with Crippen molar-refractivity contribution in [2.75, 3.05) is 6.61 Å². The molecule has 0 atom stereocenters. The fourth-order valence-electron chi connectivity index (χ4n) is 0.666. The van der Waals surface area contributed by atoms with Crippen LogP contribution in [0.3, 0.4) is 0 Å². The van der Waals surface area contributed by atoms with Crippen LogP contribution in [0.25, 0.3) is 0 Å². The molecule has 0 aromatic heterocycles. The Labute approximate surface area is 89.6 Å². The molecule has 0 rings (SSSR count). The molecule has 0 N–H and O–H groups in total. The van der Waals surface area contributed by atoms with E-state index in [1.165, 1.54) is 6.92 Å². The molecule has 0 aromatic carbocycles. The Balaban J connectivity index is 3.96. The molecule has 0 saturated carbocycles. The van der Waals surface area contributed by atoms with E-state index in [0.717, 1.165) is 25.2 Å². The summed E-state index contributed by atoms with van der Waals surface area (Å²) < 4.78 is 9.45. The van der Waals surface area contributed by atoms with Crippen LogP contribution in [0.2, 0.25) is 0 Å². The van der Waals surface area contributed by atoms with Crippen LogP contribution in [0.15, 0.2) is 24.5 Å². The number of carbonyl (C=O) groups excluding carboxylic acids is 2. The summed E-state index contributed by atoms with van der Waals surface area (Å²) in [6.07, 6.45) is 3.87. The molecule has 0 amide bonds. The molecule has 0 aliphatic carbocycles. The number of unbranched alkanes of at least 4 members (excludes halogenated alkanes) is 1.